The fraction of sp³-hybridized carbons (Fsp3) is 0.900. The highest BCUT2D eigenvalue weighted by Gasteiger charge is 3.04. The standard InChI is InChI=1S/C20H26O11/c1-5-12(24)28-11-8(22)18-10-6(21)7(16(2,3)4)17(18)9(23)13(25)30-15(17)31-20(18,14(26)29-10)19(5,11)27/h5-12,15,21-24,27H,1-4H3/t5-,6-,7?,8?,9+,10?,11?,12?,15?,17?,18?,19-,20?/m1/s1. The summed E-state index contributed by atoms with van der Waals surface area (Å²) in [7, 11) is 0. The number of hydrogen-bond donors (Lipinski definition) is 5. The summed E-state index contributed by atoms with van der Waals surface area (Å²) < 4.78 is 22.5. The summed E-state index contributed by atoms with van der Waals surface area (Å²) in [6.07, 6.45) is -10.9. The SMILES string of the molecule is C[C@@H]1C(O)OC2C(O)C34C5OC(=O)C3(OC3OC(=O)[C@H](O)C34C(C(C)(C)C)[C@H]5O)[C@]21O. The Bertz CT molecular complexity index is 915. The maximum absolute atomic E-state index is 13.4. The van der Waals surface area contributed by atoms with Crippen molar-refractivity contribution in [3.63, 3.8) is 0 Å². The van der Waals surface area contributed by atoms with Gasteiger partial charge in [-0.1, -0.05) is 27.7 Å². The summed E-state index contributed by atoms with van der Waals surface area (Å²) >= 11 is 0. The molecule has 0 amide bonds. The first-order chi connectivity index (χ1) is 14.3. The van der Waals surface area contributed by atoms with Crippen molar-refractivity contribution in [2.24, 2.45) is 28.1 Å². The molecule has 9 unspecified atom stereocenters. The van der Waals surface area contributed by atoms with Crippen LogP contribution in [-0.2, 0) is 28.5 Å². The third-order valence-electron chi connectivity index (χ3n) is 9.10. The largest absolute Gasteiger partial charge is 0.456 e. The van der Waals surface area contributed by atoms with Gasteiger partial charge in [0, 0.05) is 11.8 Å². The predicted octanol–water partition coefficient (Wildman–Crippen LogP) is -2.61. The molecule has 0 radical (unpaired) electrons. The number of carbonyl (C=O) groups excluding carboxylic acids is 2. The molecule has 6 rings (SSSR count). The highest BCUT2D eigenvalue weighted by Crippen LogP contribution is 2.84. The Morgan fingerprint density at radius 1 is 1.00 bits per heavy atom. The lowest BCUT2D eigenvalue weighted by Crippen LogP contribution is -2.67. The van der Waals surface area contributed by atoms with Gasteiger partial charge in [0.1, 0.15) is 17.8 Å². The van der Waals surface area contributed by atoms with Crippen molar-refractivity contribution >= 4 is 11.9 Å². The van der Waals surface area contributed by atoms with E-state index in [1.807, 2.05) is 0 Å². The Labute approximate surface area is 176 Å². The Morgan fingerprint density at radius 3 is 2.26 bits per heavy atom. The Kier molecular flexibility index (Phi) is 3.33. The number of aliphatic hydroxyl groups excluding tert-OH is 4. The predicted molar refractivity (Wildman–Crippen MR) is 94.4 cm³/mol. The summed E-state index contributed by atoms with van der Waals surface area (Å²) in [5.41, 5.74) is -9.15. The molecule has 11 nitrogen and oxygen atoms in total. The van der Waals surface area contributed by atoms with Crippen LogP contribution in [0.5, 0.6) is 0 Å². The van der Waals surface area contributed by atoms with E-state index in [1.165, 1.54) is 6.92 Å². The van der Waals surface area contributed by atoms with Gasteiger partial charge in [-0.25, -0.2) is 9.59 Å². The molecule has 0 aromatic rings. The lowest BCUT2D eigenvalue weighted by atomic mass is 9.51. The van der Waals surface area contributed by atoms with Crippen molar-refractivity contribution in [2.75, 3.05) is 0 Å². The first kappa shape index (κ1) is 20.3. The maximum Gasteiger partial charge on any atom is 0.343 e. The van der Waals surface area contributed by atoms with E-state index in [9.17, 15) is 35.1 Å². The first-order valence-corrected chi connectivity index (χ1v) is 10.5. The van der Waals surface area contributed by atoms with Crippen LogP contribution in [0.4, 0.5) is 0 Å². The van der Waals surface area contributed by atoms with Crippen LogP contribution in [0.15, 0.2) is 0 Å². The number of aliphatic hydroxyl groups is 5. The topological polar surface area (TPSA) is 172 Å². The zero-order chi connectivity index (χ0) is 22.7. The Balaban J connectivity index is 1.74. The molecule has 11 heteroatoms. The van der Waals surface area contributed by atoms with Crippen LogP contribution in [0.1, 0.15) is 27.7 Å². The normalized spacial score (nSPS) is 63.6. The van der Waals surface area contributed by atoms with Crippen LogP contribution >= 0.6 is 0 Å². The number of fused-ring (bicyclic) bond motifs is 1. The van der Waals surface area contributed by atoms with Gasteiger partial charge >= 0.3 is 11.9 Å². The number of rotatable bonds is 0. The average molecular weight is 442 g/mol. The van der Waals surface area contributed by atoms with Crippen molar-refractivity contribution in [1.29, 1.82) is 0 Å². The zero-order valence-corrected chi connectivity index (χ0v) is 17.4. The number of esters is 2. The average Bonchev–Trinajstić information content (AvgIpc) is 3.35. The summed E-state index contributed by atoms with van der Waals surface area (Å²) in [4.78, 5) is 26.0. The fourth-order valence-corrected chi connectivity index (χ4v) is 8.40. The Morgan fingerprint density at radius 2 is 1.65 bits per heavy atom. The van der Waals surface area contributed by atoms with E-state index in [0.29, 0.717) is 0 Å². The molecular weight excluding hydrogens is 416 g/mol. The summed E-state index contributed by atoms with van der Waals surface area (Å²) in [5, 5.41) is 56.5. The molecule has 4 aliphatic heterocycles. The second-order valence-corrected chi connectivity index (χ2v) is 10.9. The molecule has 5 N–H and O–H groups in total. The van der Waals surface area contributed by atoms with E-state index >= 15 is 0 Å². The lowest BCUT2D eigenvalue weighted by molar-refractivity contribution is -0.240. The molecule has 0 aromatic carbocycles. The van der Waals surface area contributed by atoms with Gasteiger partial charge in [0.05, 0.1) is 23.0 Å². The summed E-state index contributed by atoms with van der Waals surface area (Å²) in [6.45, 7) is 6.77. The molecule has 4 saturated heterocycles. The van der Waals surface area contributed by atoms with Gasteiger partial charge in [-0.2, -0.15) is 0 Å². The molecule has 4 heterocycles. The van der Waals surface area contributed by atoms with Crippen molar-refractivity contribution in [3.8, 4) is 0 Å². The highest BCUT2D eigenvalue weighted by atomic mass is 16.8. The lowest BCUT2D eigenvalue weighted by Gasteiger charge is -2.47. The zero-order valence-electron chi connectivity index (χ0n) is 17.4. The maximum atomic E-state index is 13.4. The number of ether oxygens (including phenoxy) is 4. The van der Waals surface area contributed by atoms with Gasteiger partial charge in [-0.15, -0.1) is 0 Å². The monoisotopic (exact) mass is 442 g/mol. The smallest absolute Gasteiger partial charge is 0.343 e. The van der Waals surface area contributed by atoms with Crippen molar-refractivity contribution in [2.45, 2.75) is 82.0 Å². The second kappa shape index (κ2) is 5.09. The minimum atomic E-state index is -2.33. The van der Waals surface area contributed by atoms with Crippen LogP contribution in [0.25, 0.3) is 0 Å². The van der Waals surface area contributed by atoms with E-state index in [1.54, 1.807) is 20.8 Å². The van der Waals surface area contributed by atoms with Crippen molar-refractivity contribution in [1.82, 2.24) is 0 Å². The van der Waals surface area contributed by atoms with E-state index in [0.717, 1.165) is 0 Å². The van der Waals surface area contributed by atoms with Crippen molar-refractivity contribution in [3.05, 3.63) is 0 Å². The minimum absolute atomic E-state index is 0.774. The molecule has 2 aliphatic carbocycles. The van der Waals surface area contributed by atoms with E-state index < -0.39 is 94.3 Å². The Hall–Kier alpha value is -1.34. The molecule has 0 bridgehead atoms. The van der Waals surface area contributed by atoms with Crippen molar-refractivity contribution < 1.29 is 54.1 Å². The second-order valence-electron chi connectivity index (χ2n) is 10.9. The molecule has 2 spiro atoms. The third kappa shape index (κ3) is 1.50. The van der Waals surface area contributed by atoms with Crippen LogP contribution < -0.4 is 0 Å². The van der Waals surface area contributed by atoms with Gasteiger partial charge < -0.3 is 44.5 Å². The number of hydrogen-bond acceptors (Lipinski definition) is 11. The van der Waals surface area contributed by atoms with Gasteiger partial charge in [-0.3, -0.25) is 0 Å². The highest BCUT2D eigenvalue weighted by molar-refractivity contribution is 5.91. The van der Waals surface area contributed by atoms with Gasteiger partial charge in [0.25, 0.3) is 0 Å². The summed E-state index contributed by atoms with van der Waals surface area (Å²) in [5.74, 6) is -4.11. The molecule has 0 aromatic heterocycles. The molecule has 31 heavy (non-hydrogen) atoms. The molecule has 13 atom stereocenters. The summed E-state index contributed by atoms with van der Waals surface area (Å²) in [6, 6.07) is 0. The molecular formula is C20H26O11. The molecule has 6 aliphatic rings. The molecule has 172 valence electrons. The van der Waals surface area contributed by atoms with E-state index in [4.69, 9.17) is 18.9 Å². The molecule has 2 saturated carbocycles. The van der Waals surface area contributed by atoms with Crippen LogP contribution in [0.2, 0.25) is 0 Å². The van der Waals surface area contributed by atoms with E-state index in [2.05, 4.69) is 0 Å². The van der Waals surface area contributed by atoms with Gasteiger partial charge in [-0.05, 0) is 5.41 Å². The quantitative estimate of drug-likeness (QED) is 0.249. The van der Waals surface area contributed by atoms with Crippen LogP contribution in [0, 0.1) is 28.1 Å². The van der Waals surface area contributed by atoms with E-state index in [-0.39, 0.29) is 0 Å². The minimum Gasteiger partial charge on any atom is -0.456 e. The number of carbonyl (C=O) groups is 2. The molecule has 6 fully saturated rings. The van der Waals surface area contributed by atoms with Crippen LogP contribution in [0.3, 0.4) is 0 Å². The fourth-order valence-electron chi connectivity index (χ4n) is 8.40. The van der Waals surface area contributed by atoms with Gasteiger partial charge in [0.15, 0.2) is 12.4 Å². The third-order valence-corrected chi connectivity index (χ3v) is 9.10. The van der Waals surface area contributed by atoms with Crippen LogP contribution in [-0.4, -0.2) is 91.8 Å². The van der Waals surface area contributed by atoms with Gasteiger partial charge in [0.2, 0.25) is 11.9 Å². The first-order valence-electron chi connectivity index (χ1n) is 10.5.